The molecule has 0 aliphatic carbocycles. The molecule has 1 fully saturated rings. The summed E-state index contributed by atoms with van der Waals surface area (Å²) in [6.45, 7) is 9.60. The molecule has 140 valence electrons. The SMILES string of the molecule is CC(C)c1ccc(/C=C\[C@]23NC(=O)CCN2c2ccccc2C3(C)C)cc1. The van der Waals surface area contributed by atoms with E-state index < -0.39 is 5.66 Å². The van der Waals surface area contributed by atoms with Gasteiger partial charge in [-0.15, -0.1) is 0 Å². The Morgan fingerprint density at radius 2 is 1.78 bits per heavy atom. The first-order chi connectivity index (χ1) is 12.8. The Balaban J connectivity index is 1.77. The minimum absolute atomic E-state index is 0.118. The molecule has 3 heteroatoms. The second kappa shape index (κ2) is 6.26. The topological polar surface area (TPSA) is 32.3 Å². The molecule has 2 aromatic carbocycles. The zero-order valence-corrected chi connectivity index (χ0v) is 16.6. The van der Waals surface area contributed by atoms with Gasteiger partial charge in [-0.25, -0.2) is 0 Å². The third kappa shape index (κ3) is 2.68. The summed E-state index contributed by atoms with van der Waals surface area (Å²) in [5.41, 5.74) is 4.23. The minimum atomic E-state index is -0.539. The molecule has 3 nitrogen and oxygen atoms in total. The normalized spacial score (nSPS) is 23.4. The Kier molecular flexibility index (Phi) is 4.14. The number of rotatable bonds is 3. The number of hydrogen-bond donors (Lipinski definition) is 1. The molecular weight excluding hydrogens is 332 g/mol. The summed E-state index contributed by atoms with van der Waals surface area (Å²) in [5.74, 6) is 0.643. The van der Waals surface area contributed by atoms with Crippen LogP contribution in [0.2, 0.25) is 0 Å². The quantitative estimate of drug-likeness (QED) is 0.850. The molecule has 0 radical (unpaired) electrons. The van der Waals surface area contributed by atoms with E-state index in [9.17, 15) is 4.79 Å². The number of nitrogens with zero attached hydrogens (tertiary/aromatic N) is 1. The molecule has 1 saturated heterocycles. The van der Waals surface area contributed by atoms with Gasteiger partial charge in [0.25, 0.3) is 0 Å². The van der Waals surface area contributed by atoms with Gasteiger partial charge in [0.05, 0.1) is 0 Å². The Morgan fingerprint density at radius 1 is 1.07 bits per heavy atom. The van der Waals surface area contributed by atoms with Gasteiger partial charge in [0.2, 0.25) is 5.91 Å². The van der Waals surface area contributed by atoms with Crippen LogP contribution < -0.4 is 10.2 Å². The molecule has 0 spiro atoms. The Hall–Kier alpha value is -2.55. The molecule has 0 unspecified atom stereocenters. The molecule has 2 aliphatic rings. The average molecular weight is 361 g/mol. The predicted octanol–water partition coefficient (Wildman–Crippen LogP) is 4.84. The van der Waals surface area contributed by atoms with E-state index in [4.69, 9.17) is 0 Å². The highest BCUT2D eigenvalue weighted by Crippen LogP contribution is 2.52. The molecule has 0 bridgehead atoms. The Labute approximate surface area is 162 Å². The number of anilines is 1. The maximum Gasteiger partial charge on any atom is 0.223 e. The first kappa shape index (κ1) is 17.8. The van der Waals surface area contributed by atoms with Crippen molar-refractivity contribution in [1.82, 2.24) is 5.32 Å². The van der Waals surface area contributed by atoms with E-state index in [-0.39, 0.29) is 11.3 Å². The molecule has 1 amide bonds. The number of nitrogens with one attached hydrogen (secondary N) is 1. The second-order valence-corrected chi connectivity index (χ2v) is 8.51. The van der Waals surface area contributed by atoms with Crippen LogP contribution >= 0.6 is 0 Å². The van der Waals surface area contributed by atoms with Gasteiger partial charge in [0, 0.05) is 24.1 Å². The first-order valence-electron chi connectivity index (χ1n) is 9.82. The van der Waals surface area contributed by atoms with Gasteiger partial charge in [0.15, 0.2) is 0 Å². The number of benzene rings is 2. The van der Waals surface area contributed by atoms with Crippen molar-refractivity contribution in [3.05, 3.63) is 71.3 Å². The Morgan fingerprint density at radius 3 is 2.48 bits per heavy atom. The van der Waals surface area contributed by atoms with Crippen molar-refractivity contribution in [1.29, 1.82) is 0 Å². The highest BCUT2D eigenvalue weighted by atomic mass is 16.2. The van der Waals surface area contributed by atoms with Gasteiger partial charge in [-0.05, 0) is 34.8 Å². The molecule has 1 N–H and O–H groups in total. The lowest BCUT2D eigenvalue weighted by Crippen LogP contribution is -2.68. The van der Waals surface area contributed by atoms with Crippen molar-refractivity contribution in [3.8, 4) is 0 Å². The van der Waals surface area contributed by atoms with E-state index in [0.29, 0.717) is 12.3 Å². The highest BCUT2D eigenvalue weighted by Gasteiger charge is 2.57. The van der Waals surface area contributed by atoms with Crippen LogP contribution in [0.25, 0.3) is 6.08 Å². The van der Waals surface area contributed by atoms with Crippen LogP contribution in [-0.2, 0) is 10.2 Å². The number of fused-ring (bicyclic) bond motifs is 3. The van der Waals surface area contributed by atoms with Crippen molar-refractivity contribution in [2.45, 2.75) is 51.1 Å². The van der Waals surface area contributed by atoms with E-state index in [2.05, 4.69) is 98.6 Å². The summed E-state index contributed by atoms with van der Waals surface area (Å²) in [4.78, 5) is 14.8. The number of para-hydroxylation sites is 1. The minimum Gasteiger partial charge on any atom is -0.344 e. The van der Waals surface area contributed by atoms with Crippen LogP contribution in [0.3, 0.4) is 0 Å². The van der Waals surface area contributed by atoms with E-state index >= 15 is 0 Å². The van der Waals surface area contributed by atoms with Crippen LogP contribution in [-0.4, -0.2) is 18.1 Å². The lowest BCUT2D eigenvalue weighted by atomic mass is 9.74. The van der Waals surface area contributed by atoms with Gasteiger partial charge in [-0.3, -0.25) is 4.79 Å². The summed E-state index contributed by atoms with van der Waals surface area (Å²) >= 11 is 0. The largest absolute Gasteiger partial charge is 0.344 e. The van der Waals surface area contributed by atoms with Gasteiger partial charge >= 0.3 is 0 Å². The second-order valence-electron chi connectivity index (χ2n) is 8.51. The van der Waals surface area contributed by atoms with E-state index in [1.165, 1.54) is 16.8 Å². The first-order valence-corrected chi connectivity index (χ1v) is 9.82. The molecule has 0 aromatic heterocycles. The lowest BCUT2D eigenvalue weighted by molar-refractivity contribution is -0.124. The fourth-order valence-corrected chi connectivity index (χ4v) is 4.53. The van der Waals surface area contributed by atoms with Crippen LogP contribution in [0.15, 0.2) is 54.6 Å². The fraction of sp³-hybridized carbons (Fsp3) is 0.375. The maximum absolute atomic E-state index is 12.4. The molecule has 2 heterocycles. The summed E-state index contributed by atoms with van der Waals surface area (Å²) in [7, 11) is 0. The molecule has 4 rings (SSSR count). The molecule has 2 aromatic rings. The predicted molar refractivity (Wildman–Crippen MR) is 112 cm³/mol. The van der Waals surface area contributed by atoms with Crippen LogP contribution in [0, 0.1) is 0 Å². The molecule has 1 atom stereocenters. The summed E-state index contributed by atoms with van der Waals surface area (Å²) in [6.07, 6.45) is 4.87. The highest BCUT2D eigenvalue weighted by molar-refractivity contribution is 5.84. The van der Waals surface area contributed by atoms with Crippen molar-refractivity contribution in [3.63, 3.8) is 0 Å². The number of amides is 1. The summed E-state index contributed by atoms with van der Waals surface area (Å²) < 4.78 is 0. The summed E-state index contributed by atoms with van der Waals surface area (Å²) in [5, 5.41) is 3.33. The zero-order valence-electron chi connectivity index (χ0n) is 16.6. The lowest BCUT2D eigenvalue weighted by Gasteiger charge is -2.49. The van der Waals surface area contributed by atoms with E-state index in [1.54, 1.807) is 0 Å². The van der Waals surface area contributed by atoms with Gasteiger partial charge in [-0.1, -0.05) is 76.2 Å². The van der Waals surface area contributed by atoms with E-state index in [0.717, 1.165) is 12.1 Å². The average Bonchev–Trinajstić information content (AvgIpc) is 2.85. The number of carbonyl (C=O) groups excluding carboxylic acids is 1. The van der Waals surface area contributed by atoms with Crippen LogP contribution in [0.4, 0.5) is 5.69 Å². The third-order valence-electron chi connectivity index (χ3n) is 6.26. The van der Waals surface area contributed by atoms with Crippen molar-refractivity contribution in [2.24, 2.45) is 0 Å². The maximum atomic E-state index is 12.4. The van der Waals surface area contributed by atoms with Gasteiger partial charge < -0.3 is 10.2 Å². The monoisotopic (exact) mass is 360 g/mol. The van der Waals surface area contributed by atoms with Crippen molar-refractivity contribution in [2.75, 3.05) is 11.4 Å². The third-order valence-corrected chi connectivity index (χ3v) is 6.26. The van der Waals surface area contributed by atoms with Crippen LogP contribution in [0.1, 0.15) is 56.7 Å². The number of hydrogen-bond acceptors (Lipinski definition) is 2. The smallest absolute Gasteiger partial charge is 0.223 e. The van der Waals surface area contributed by atoms with E-state index in [1.807, 2.05) is 0 Å². The van der Waals surface area contributed by atoms with Crippen molar-refractivity contribution >= 4 is 17.7 Å². The molecular formula is C24H28N2O. The zero-order chi connectivity index (χ0) is 19.2. The van der Waals surface area contributed by atoms with Crippen LogP contribution in [0.5, 0.6) is 0 Å². The van der Waals surface area contributed by atoms with Gasteiger partial charge in [0.1, 0.15) is 5.66 Å². The van der Waals surface area contributed by atoms with Crippen molar-refractivity contribution < 1.29 is 4.79 Å². The summed E-state index contributed by atoms with van der Waals surface area (Å²) in [6, 6.07) is 17.2. The molecule has 2 aliphatic heterocycles. The molecule has 0 saturated carbocycles. The van der Waals surface area contributed by atoms with Gasteiger partial charge in [-0.2, -0.15) is 0 Å². The Bertz CT molecular complexity index is 895. The fourth-order valence-electron chi connectivity index (χ4n) is 4.53. The number of carbonyl (C=O) groups is 1. The standard InChI is InChI=1S/C24H28N2O/c1-17(2)19-11-9-18(10-12-19)13-15-24-23(3,4)20-7-5-6-8-21(20)26(24)16-14-22(27)25-24/h5-13,15,17H,14,16H2,1-4H3,(H,25,27)/b15-13-/t24-/m0/s1. The molecule has 27 heavy (non-hydrogen) atoms.